The summed E-state index contributed by atoms with van der Waals surface area (Å²) in [5, 5.41) is 3.66. The molecule has 2 aliphatic carbocycles. The third-order valence-corrected chi connectivity index (χ3v) is 4.94. The minimum Gasteiger partial charge on any atom is -0.366 e. The molecule has 1 aliphatic heterocycles. The zero-order chi connectivity index (χ0) is 10.4. The van der Waals surface area contributed by atoms with E-state index in [1.807, 2.05) is 0 Å². The van der Waals surface area contributed by atoms with Crippen LogP contribution in [0, 0.1) is 5.92 Å². The minimum absolute atomic E-state index is 0.197. The van der Waals surface area contributed by atoms with Gasteiger partial charge in [0.15, 0.2) is 0 Å². The van der Waals surface area contributed by atoms with Gasteiger partial charge in [-0.05, 0) is 31.6 Å². The molecule has 15 heavy (non-hydrogen) atoms. The lowest BCUT2D eigenvalue weighted by atomic mass is 9.87. The molecule has 2 spiro atoms. The van der Waals surface area contributed by atoms with Gasteiger partial charge in [0.1, 0.15) is 0 Å². The number of morpholine rings is 1. The van der Waals surface area contributed by atoms with Crippen molar-refractivity contribution in [3.05, 3.63) is 0 Å². The largest absolute Gasteiger partial charge is 0.366 e. The third-order valence-electron chi connectivity index (χ3n) is 4.94. The van der Waals surface area contributed by atoms with Crippen molar-refractivity contribution in [1.29, 1.82) is 0 Å². The van der Waals surface area contributed by atoms with E-state index in [1.165, 1.54) is 44.9 Å². The van der Waals surface area contributed by atoms with Crippen LogP contribution >= 0.6 is 0 Å². The molecule has 0 aromatic rings. The molecule has 2 unspecified atom stereocenters. The van der Waals surface area contributed by atoms with Gasteiger partial charge in [-0.3, -0.25) is 0 Å². The number of hydrogen-bond donors (Lipinski definition) is 1. The predicted molar refractivity (Wildman–Crippen MR) is 60.9 cm³/mol. The molecule has 3 aliphatic rings. The zero-order valence-corrected chi connectivity index (χ0v) is 9.85. The molecule has 2 saturated carbocycles. The maximum atomic E-state index is 6.63. The third kappa shape index (κ3) is 1.53. The Hall–Kier alpha value is -0.0800. The minimum atomic E-state index is 0.197. The molecular weight excluding hydrogens is 186 g/mol. The average molecular weight is 209 g/mol. The molecule has 86 valence electrons. The lowest BCUT2D eigenvalue weighted by Gasteiger charge is -2.48. The maximum absolute atomic E-state index is 6.63. The smallest absolute Gasteiger partial charge is 0.0839 e. The number of rotatable bonds is 0. The van der Waals surface area contributed by atoms with Crippen molar-refractivity contribution in [2.45, 2.75) is 63.1 Å². The summed E-state index contributed by atoms with van der Waals surface area (Å²) in [4.78, 5) is 0. The molecule has 3 rings (SSSR count). The Morgan fingerprint density at radius 3 is 2.53 bits per heavy atom. The van der Waals surface area contributed by atoms with E-state index in [2.05, 4.69) is 12.2 Å². The molecule has 1 heterocycles. The van der Waals surface area contributed by atoms with Crippen LogP contribution in [0.2, 0.25) is 0 Å². The molecule has 1 N–H and O–H groups in total. The molecule has 1 saturated heterocycles. The monoisotopic (exact) mass is 209 g/mol. The summed E-state index contributed by atoms with van der Waals surface area (Å²) in [6.45, 7) is 4.57. The summed E-state index contributed by atoms with van der Waals surface area (Å²) < 4.78 is 6.63. The van der Waals surface area contributed by atoms with Crippen molar-refractivity contribution < 1.29 is 4.74 Å². The quantitative estimate of drug-likeness (QED) is 0.662. The molecule has 0 aromatic heterocycles. The van der Waals surface area contributed by atoms with Gasteiger partial charge in [0, 0.05) is 13.1 Å². The molecule has 2 heteroatoms. The Kier molecular flexibility index (Phi) is 2.33. The van der Waals surface area contributed by atoms with Gasteiger partial charge in [-0.1, -0.05) is 26.2 Å². The highest BCUT2D eigenvalue weighted by atomic mass is 16.5. The van der Waals surface area contributed by atoms with Gasteiger partial charge in [0.2, 0.25) is 0 Å². The summed E-state index contributed by atoms with van der Waals surface area (Å²) in [7, 11) is 0. The summed E-state index contributed by atoms with van der Waals surface area (Å²) in [5.74, 6) is 0.753. The van der Waals surface area contributed by atoms with E-state index >= 15 is 0 Å². The summed E-state index contributed by atoms with van der Waals surface area (Å²) in [5.41, 5.74) is 0.416. The first kappa shape index (κ1) is 10.1. The fraction of sp³-hybridized carbons (Fsp3) is 1.00. The van der Waals surface area contributed by atoms with Crippen LogP contribution in [-0.2, 0) is 4.74 Å². The van der Waals surface area contributed by atoms with Crippen LogP contribution in [-0.4, -0.2) is 24.3 Å². The topological polar surface area (TPSA) is 21.3 Å². The standard InChI is InChI=1S/C13H23NO/c1-11-5-4-8-13(11)10-14-9-12(15-13)6-2-3-7-12/h11,14H,2-10H2,1H3. The fourth-order valence-corrected chi connectivity index (χ4v) is 3.93. The molecule has 2 atom stereocenters. The molecule has 3 fully saturated rings. The van der Waals surface area contributed by atoms with E-state index in [4.69, 9.17) is 4.74 Å². The summed E-state index contributed by atoms with van der Waals surface area (Å²) in [6, 6.07) is 0. The van der Waals surface area contributed by atoms with Crippen molar-refractivity contribution in [1.82, 2.24) is 5.32 Å². The van der Waals surface area contributed by atoms with Crippen molar-refractivity contribution in [2.75, 3.05) is 13.1 Å². The van der Waals surface area contributed by atoms with Crippen molar-refractivity contribution in [3.63, 3.8) is 0 Å². The van der Waals surface area contributed by atoms with Crippen molar-refractivity contribution in [3.8, 4) is 0 Å². The summed E-state index contributed by atoms with van der Waals surface area (Å²) >= 11 is 0. The van der Waals surface area contributed by atoms with E-state index in [-0.39, 0.29) is 11.2 Å². The summed E-state index contributed by atoms with van der Waals surface area (Å²) in [6.07, 6.45) is 9.31. The van der Waals surface area contributed by atoms with Crippen LogP contribution in [0.1, 0.15) is 51.9 Å². The van der Waals surface area contributed by atoms with E-state index in [0.29, 0.717) is 0 Å². The van der Waals surface area contributed by atoms with Crippen LogP contribution in [0.4, 0.5) is 0 Å². The highest BCUT2D eigenvalue weighted by molar-refractivity contribution is 5.03. The number of ether oxygens (including phenoxy) is 1. The van der Waals surface area contributed by atoms with E-state index in [9.17, 15) is 0 Å². The highest BCUT2D eigenvalue weighted by Crippen LogP contribution is 2.46. The predicted octanol–water partition coefficient (Wildman–Crippen LogP) is 2.48. The molecule has 2 nitrogen and oxygen atoms in total. The molecular formula is C13H23NO. The van der Waals surface area contributed by atoms with Crippen LogP contribution in [0.15, 0.2) is 0 Å². The first-order valence-corrected chi connectivity index (χ1v) is 6.66. The second kappa shape index (κ2) is 3.46. The van der Waals surface area contributed by atoms with E-state index in [1.54, 1.807) is 0 Å². The second-order valence-electron chi connectivity index (χ2n) is 5.95. The SMILES string of the molecule is CC1CCCC12CNCC1(CCCC1)O2. The number of nitrogens with one attached hydrogen (secondary N) is 1. The van der Waals surface area contributed by atoms with Gasteiger partial charge in [-0.15, -0.1) is 0 Å². The van der Waals surface area contributed by atoms with Crippen LogP contribution in [0.5, 0.6) is 0 Å². The Balaban J connectivity index is 1.80. The van der Waals surface area contributed by atoms with Crippen molar-refractivity contribution in [2.24, 2.45) is 5.92 Å². The lowest BCUT2D eigenvalue weighted by Crippen LogP contribution is -2.60. The van der Waals surface area contributed by atoms with Crippen LogP contribution in [0.3, 0.4) is 0 Å². The van der Waals surface area contributed by atoms with Gasteiger partial charge in [-0.25, -0.2) is 0 Å². The van der Waals surface area contributed by atoms with Gasteiger partial charge < -0.3 is 10.1 Å². The Morgan fingerprint density at radius 2 is 1.87 bits per heavy atom. The second-order valence-corrected chi connectivity index (χ2v) is 5.95. The van der Waals surface area contributed by atoms with Crippen LogP contribution in [0.25, 0.3) is 0 Å². The highest BCUT2D eigenvalue weighted by Gasteiger charge is 2.51. The maximum Gasteiger partial charge on any atom is 0.0839 e. The normalized spacial score (nSPS) is 44.2. The van der Waals surface area contributed by atoms with Gasteiger partial charge in [-0.2, -0.15) is 0 Å². The average Bonchev–Trinajstić information content (AvgIpc) is 2.78. The fourth-order valence-electron chi connectivity index (χ4n) is 3.93. The van der Waals surface area contributed by atoms with E-state index in [0.717, 1.165) is 19.0 Å². The van der Waals surface area contributed by atoms with Gasteiger partial charge in [0.25, 0.3) is 0 Å². The molecule has 0 aromatic carbocycles. The lowest BCUT2D eigenvalue weighted by molar-refractivity contribution is -0.188. The van der Waals surface area contributed by atoms with Gasteiger partial charge in [0.05, 0.1) is 11.2 Å². The first-order valence-electron chi connectivity index (χ1n) is 6.66. The van der Waals surface area contributed by atoms with Crippen molar-refractivity contribution >= 4 is 0 Å². The van der Waals surface area contributed by atoms with Gasteiger partial charge >= 0.3 is 0 Å². The van der Waals surface area contributed by atoms with E-state index < -0.39 is 0 Å². The Morgan fingerprint density at radius 1 is 1.07 bits per heavy atom. The number of hydrogen-bond acceptors (Lipinski definition) is 2. The molecule has 0 amide bonds. The first-order chi connectivity index (χ1) is 7.25. The van der Waals surface area contributed by atoms with Crippen LogP contribution < -0.4 is 5.32 Å². The Bertz CT molecular complexity index is 247. The zero-order valence-electron chi connectivity index (χ0n) is 9.85. The Labute approximate surface area is 92.8 Å². The molecule has 0 bridgehead atoms. The molecule has 0 radical (unpaired) electrons.